The molecule has 1 aliphatic carbocycles. The molecule has 2 amide bonds. The number of urea groups is 1. The van der Waals surface area contributed by atoms with Crippen LogP contribution in [-0.2, 0) is 29.3 Å². The molecular formula is C25H33BN6O5S. The van der Waals surface area contributed by atoms with Crippen molar-refractivity contribution in [2.24, 2.45) is 0 Å². The molecule has 0 fully saturated rings. The van der Waals surface area contributed by atoms with Crippen LogP contribution in [0.15, 0.2) is 52.5 Å². The average Bonchev–Trinajstić information content (AvgIpc) is 3.48. The van der Waals surface area contributed by atoms with Crippen molar-refractivity contribution in [3.8, 4) is 11.1 Å². The Balaban J connectivity index is 1.59. The van der Waals surface area contributed by atoms with Crippen LogP contribution in [0.4, 0.5) is 10.5 Å². The molecular weight excluding hydrogens is 507 g/mol. The first-order valence-corrected chi connectivity index (χ1v) is 14.0. The van der Waals surface area contributed by atoms with Gasteiger partial charge in [-0.25, -0.2) is 18.5 Å². The van der Waals surface area contributed by atoms with Crippen LogP contribution in [0.3, 0.4) is 0 Å². The molecule has 0 saturated carbocycles. The molecule has 0 aliphatic heterocycles. The van der Waals surface area contributed by atoms with E-state index < -0.39 is 28.4 Å². The van der Waals surface area contributed by atoms with Crippen molar-refractivity contribution < 1.29 is 19.1 Å². The number of fused-ring (bicyclic) bond motifs is 1. The number of hydrogen-bond donors (Lipinski definition) is 5. The van der Waals surface area contributed by atoms with Crippen LogP contribution in [0.5, 0.6) is 0 Å². The Bertz CT molecular complexity index is 1530. The van der Waals surface area contributed by atoms with E-state index in [1.165, 1.54) is 23.0 Å². The van der Waals surface area contributed by atoms with Gasteiger partial charge in [0.2, 0.25) is 0 Å². The highest BCUT2D eigenvalue weighted by atomic mass is 32.2. The van der Waals surface area contributed by atoms with Gasteiger partial charge in [0.15, 0.2) is 14.9 Å². The molecule has 1 atom stereocenters. The second-order valence-corrected chi connectivity index (χ2v) is 12.3. The van der Waals surface area contributed by atoms with Gasteiger partial charge in [-0.1, -0.05) is 26.0 Å². The first kappa shape index (κ1) is 27.6. The average molecular weight is 540 g/mol. The zero-order valence-electron chi connectivity index (χ0n) is 21.9. The van der Waals surface area contributed by atoms with Gasteiger partial charge in [0.05, 0.1) is 5.69 Å². The molecule has 2 aromatic heterocycles. The minimum absolute atomic E-state index is 0.00778. The monoisotopic (exact) mass is 540 g/mol. The van der Waals surface area contributed by atoms with Gasteiger partial charge < -0.3 is 19.9 Å². The second-order valence-electron chi connectivity index (χ2n) is 10.6. The van der Waals surface area contributed by atoms with Crippen LogP contribution in [0.2, 0.25) is 5.31 Å². The third-order valence-electron chi connectivity index (χ3n) is 6.75. The first-order valence-electron chi connectivity index (χ1n) is 12.4. The summed E-state index contributed by atoms with van der Waals surface area (Å²) in [5.41, 5.74) is 3.74. The quantitative estimate of drug-likeness (QED) is 0.276. The van der Waals surface area contributed by atoms with Crippen molar-refractivity contribution in [2.45, 2.75) is 69.9 Å². The number of nitrogens with zero attached hydrogens (tertiary/aromatic N) is 3. The lowest BCUT2D eigenvalue weighted by molar-refractivity contribution is 0.256. The molecule has 5 N–H and O–H groups in total. The maximum atomic E-state index is 13.1. The van der Waals surface area contributed by atoms with Crippen molar-refractivity contribution in [2.75, 3.05) is 5.32 Å². The van der Waals surface area contributed by atoms with Gasteiger partial charge in [0.25, 0.3) is 5.56 Å². The lowest BCUT2D eigenvalue weighted by Crippen LogP contribution is -2.34. The number of carbonyl (C=O) groups is 1. The molecule has 11 nitrogen and oxygen atoms in total. The Labute approximate surface area is 222 Å². The molecule has 4 rings (SSSR count). The largest absolute Gasteiger partial charge is 0.459 e. The summed E-state index contributed by atoms with van der Waals surface area (Å²) in [4.78, 5) is 25.7. The predicted octanol–water partition coefficient (Wildman–Crippen LogP) is 3.18. The minimum atomic E-state index is -3.82. The number of carbonyl (C=O) groups excluding carboxylic acids is 1. The van der Waals surface area contributed by atoms with Gasteiger partial charge in [-0.3, -0.25) is 9.48 Å². The minimum Gasteiger partial charge on any atom is -0.427 e. The molecule has 202 valence electrons. The molecule has 0 saturated heterocycles. The highest BCUT2D eigenvalue weighted by molar-refractivity contribution is 7.91. The number of aromatic nitrogens is 3. The van der Waals surface area contributed by atoms with E-state index in [0.717, 1.165) is 30.4 Å². The SMILES string of the molecule is CC(C)n1ccc(-c2ccc3c(c2NC(=O)NS(=N)(=O)c2ccn(CC(C)(C)B(O)O)n2)CCC3)cc1=O. The van der Waals surface area contributed by atoms with Crippen LogP contribution in [0.1, 0.15) is 51.3 Å². The number of amides is 2. The lowest BCUT2D eigenvalue weighted by Gasteiger charge is -2.22. The number of nitrogens with one attached hydrogen (secondary N) is 3. The Morgan fingerprint density at radius 2 is 1.95 bits per heavy atom. The zero-order chi connectivity index (χ0) is 27.8. The lowest BCUT2D eigenvalue weighted by atomic mass is 9.60. The van der Waals surface area contributed by atoms with Crippen molar-refractivity contribution in [1.82, 2.24) is 19.1 Å². The Morgan fingerprint density at radius 3 is 2.61 bits per heavy atom. The third kappa shape index (κ3) is 5.69. The normalized spacial score (nSPS) is 14.7. The molecule has 2 heterocycles. The van der Waals surface area contributed by atoms with E-state index in [1.807, 2.05) is 32.0 Å². The van der Waals surface area contributed by atoms with E-state index in [-0.39, 0.29) is 23.2 Å². The molecule has 38 heavy (non-hydrogen) atoms. The molecule has 0 radical (unpaired) electrons. The highest BCUT2D eigenvalue weighted by Crippen LogP contribution is 2.37. The summed E-state index contributed by atoms with van der Waals surface area (Å²) in [5, 5.41) is 24.9. The molecule has 0 spiro atoms. The second kappa shape index (κ2) is 10.4. The molecule has 0 bridgehead atoms. The van der Waals surface area contributed by atoms with Gasteiger partial charge in [0, 0.05) is 41.9 Å². The summed E-state index contributed by atoms with van der Waals surface area (Å²) in [6, 6.07) is 7.75. The van der Waals surface area contributed by atoms with Gasteiger partial charge in [-0.2, -0.15) is 5.10 Å². The summed E-state index contributed by atoms with van der Waals surface area (Å²) in [6.45, 7) is 7.20. The third-order valence-corrected chi connectivity index (χ3v) is 8.03. The number of benzene rings is 1. The standard InChI is InChI=1S/C25H33BN6O5S/c1-16(2)32-13-10-18(14-22(32)33)20-9-8-17-6-5-7-19(17)23(20)28-24(34)30-38(27,37)21-11-12-31(29-21)15-25(3,4)26(35)36/h8-14,16,35-36H,5-7,15H2,1-4H3,(H3,27,28,30,34,37). The van der Waals surface area contributed by atoms with E-state index in [0.29, 0.717) is 16.8 Å². The van der Waals surface area contributed by atoms with Gasteiger partial charge in [-0.05, 0) is 61.9 Å². The molecule has 13 heteroatoms. The molecule has 1 aromatic carbocycles. The van der Waals surface area contributed by atoms with Crippen LogP contribution >= 0.6 is 0 Å². The van der Waals surface area contributed by atoms with E-state index in [1.54, 1.807) is 24.6 Å². The maximum Gasteiger partial charge on any atom is 0.459 e. The molecule has 1 aliphatic rings. The fourth-order valence-corrected chi connectivity index (χ4v) is 5.43. The van der Waals surface area contributed by atoms with Gasteiger partial charge >= 0.3 is 13.1 Å². The van der Waals surface area contributed by atoms with E-state index >= 15 is 0 Å². The molecule has 1 unspecified atom stereocenters. The van der Waals surface area contributed by atoms with Crippen LogP contribution in [-0.4, -0.2) is 41.8 Å². The van der Waals surface area contributed by atoms with Crippen LogP contribution in [0, 0.1) is 4.78 Å². The Hall–Kier alpha value is -3.42. The fourth-order valence-electron chi connectivity index (χ4n) is 4.54. The van der Waals surface area contributed by atoms with E-state index in [9.17, 15) is 23.8 Å². The van der Waals surface area contributed by atoms with Crippen molar-refractivity contribution in [3.05, 3.63) is 64.2 Å². The van der Waals surface area contributed by atoms with E-state index in [2.05, 4.69) is 15.1 Å². The predicted molar refractivity (Wildman–Crippen MR) is 146 cm³/mol. The number of hydrogen-bond acceptors (Lipinski definition) is 7. The van der Waals surface area contributed by atoms with Crippen molar-refractivity contribution in [3.63, 3.8) is 0 Å². The number of anilines is 1. The molecule has 3 aromatic rings. The summed E-state index contributed by atoms with van der Waals surface area (Å²) in [6.07, 6.45) is 5.73. The summed E-state index contributed by atoms with van der Waals surface area (Å²) in [5.74, 6) is 0. The van der Waals surface area contributed by atoms with Gasteiger partial charge in [-0.15, -0.1) is 0 Å². The number of aryl methyl sites for hydroxylation is 1. The van der Waals surface area contributed by atoms with Crippen LogP contribution in [0.25, 0.3) is 11.1 Å². The Kier molecular flexibility index (Phi) is 7.55. The zero-order valence-corrected chi connectivity index (χ0v) is 22.7. The summed E-state index contributed by atoms with van der Waals surface area (Å²) < 4.78 is 26.6. The number of pyridine rings is 1. The van der Waals surface area contributed by atoms with Crippen molar-refractivity contribution in [1.29, 1.82) is 4.78 Å². The first-order chi connectivity index (χ1) is 17.8. The Morgan fingerprint density at radius 1 is 1.21 bits per heavy atom. The summed E-state index contributed by atoms with van der Waals surface area (Å²) in [7, 11) is -5.42. The van der Waals surface area contributed by atoms with E-state index in [4.69, 9.17) is 4.78 Å². The van der Waals surface area contributed by atoms with Crippen molar-refractivity contribution >= 4 is 28.8 Å². The maximum absolute atomic E-state index is 13.1. The highest BCUT2D eigenvalue weighted by Gasteiger charge is 2.33. The number of rotatable bonds is 8. The van der Waals surface area contributed by atoms with Gasteiger partial charge in [0.1, 0.15) is 0 Å². The fraction of sp³-hybridized carbons (Fsp3) is 0.400. The van der Waals surface area contributed by atoms with Crippen LogP contribution < -0.4 is 15.6 Å². The summed E-state index contributed by atoms with van der Waals surface area (Å²) >= 11 is 0. The topological polar surface area (TPSA) is 162 Å². The smallest absolute Gasteiger partial charge is 0.427 e.